The second-order valence-electron chi connectivity index (χ2n) is 4.90. The summed E-state index contributed by atoms with van der Waals surface area (Å²) in [6, 6.07) is 4.00. The highest BCUT2D eigenvalue weighted by Crippen LogP contribution is 2.25. The zero-order valence-electron chi connectivity index (χ0n) is 13.1. The Balaban J connectivity index is 2.04. The van der Waals surface area contributed by atoms with E-state index in [2.05, 4.69) is 40.1 Å². The Kier molecular flexibility index (Phi) is 5.38. The van der Waals surface area contributed by atoms with E-state index in [0.29, 0.717) is 0 Å². The minimum absolute atomic E-state index is 0.769. The summed E-state index contributed by atoms with van der Waals surface area (Å²) in [6.45, 7) is 7.06. The molecule has 0 saturated heterocycles. The average Bonchev–Trinajstić information content (AvgIpc) is 2.95. The van der Waals surface area contributed by atoms with Crippen molar-refractivity contribution < 1.29 is 0 Å². The highest BCUT2D eigenvalue weighted by molar-refractivity contribution is 7.15. The first kappa shape index (κ1) is 15.6. The fourth-order valence-corrected chi connectivity index (χ4v) is 3.07. The fraction of sp³-hybridized carbons (Fsp3) is 0.467. The Morgan fingerprint density at radius 1 is 1.19 bits per heavy atom. The quantitative estimate of drug-likeness (QED) is 0.851. The van der Waals surface area contributed by atoms with Gasteiger partial charge in [0.1, 0.15) is 0 Å². The number of nitrogens with one attached hydrogen (secondary N) is 1. The highest BCUT2D eigenvalue weighted by Gasteiger charge is 2.09. The summed E-state index contributed by atoms with van der Waals surface area (Å²) < 4.78 is 0. The fourth-order valence-electron chi connectivity index (χ4n) is 2.09. The number of anilines is 3. The SMILES string of the molecule is CCN(CC)c1ncc(CNc2cccnc2N(C)C)s1. The number of pyridine rings is 1. The minimum atomic E-state index is 0.769. The average molecular weight is 305 g/mol. The van der Waals surface area contributed by atoms with E-state index < -0.39 is 0 Å². The minimum Gasteiger partial charge on any atom is -0.377 e. The largest absolute Gasteiger partial charge is 0.377 e. The van der Waals surface area contributed by atoms with E-state index >= 15 is 0 Å². The molecule has 0 aliphatic rings. The van der Waals surface area contributed by atoms with E-state index in [-0.39, 0.29) is 0 Å². The zero-order valence-corrected chi connectivity index (χ0v) is 13.9. The van der Waals surface area contributed by atoms with E-state index in [1.54, 1.807) is 11.3 Å². The molecule has 0 bridgehead atoms. The number of nitrogens with zero attached hydrogens (tertiary/aromatic N) is 4. The van der Waals surface area contributed by atoms with Crippen LogP contribution in [-0.4, -0.2) is 37.2 Å². The molecule has 0 aliphatic carbocycles. The first-order chi connectivity index (χ1) is 10.2. The van der Waals surface area contributed by atoms with E-state index in [9.17, 15) is 0 Å². The summed E-state index contributed by atoms with van der Waals surface area (Å²) in [4.78, 5) is 14.4. The van der Waals surface area contributed by atoms with Crippen LogP contribution < -0.4 is 15.1 Å². The van der Waals surface area contributed by atoms with E-state index in [4.69, 9.17) is 0 Å². The van der Waals surface area contributed by atoms with E-state index in [1.807, 2.05) is 37.5 Å². The van der Waals surface area contributed by atoms with Crippen LogP contribution in [0.2, 0.25) is 0 Å². The Bertz CT molecular complexity index is 563. The van der Waals surface area contributed by atoms with Crippen LogP contribution in [0.5, 0.6) is 0 Å². The Labute approximate surface area is 130 Å². The van der Waals surface area contributed by atoms with Crippen molar-refractivity contribution in [1.82, 2.24) is 9.97 Å². The van der Waals surface area contributed by atoms with Gasteiger partial charge in [-0.2, -0.15) is 0 Å². The van der Waals surface area contributed by atoms with Crippen molar-refractivity contribution in [1.29, 1.82) is 0 Å². The van der Waals surface area contributed by atoms with Gasteiger partial charge in [-0.15, -0.1) is 11.3 Å². The highest BCUT2D eigenvalue weighted by atomic mass is 32.1. The number of hydrogen-bond acceptors (Lipinski definition) is 6. The van der Waals surface area contributed by atoms with Gasteiger partial charge < -0.3 is 15.1 Å². The topological polar surface area (TPSA) is 44.3 Å². The van der Waals surface area contributed by atoms with Gasteiger partial charge in [0.25, 0.3) is 0 Å². The Hall–Kier alpha value is -1.82. The molecule has 2 aromatic rings. The van der Waals surface area contributed by atoms with Crippen molar-refractivity contribution in [3.8, 4) is 0 Å². The van der Waals surface area contributed by atoms with Gasteiger partial charge in [-0.1, -0.05) is 0 Å². The van der Waals surface area contributed by atoms with Gasteiger partial charge in [-0.3, -0.25) is 0 Å². The smallest absolute Gasteiger partial charge is 0.185 e. The van der Waals surface area contributed by atoms with E-state index in [0.717, 1.165) is 36.3 Å². The lowest BCUT2D eigenvalue weighted by Crippen LogP contribution is -2.21. The first-order valence-electron chi connectivity index (χ1n) is 7.21. The molecule has 2 heterocycles. The van der Waals surface area contributed by atoms with Crippen LogP contribution in [0.15, 0.2) is 24.5 Å². The lowest BCUT2D eigenvalue weighted by atomic mass is 10.3. The molecule has 5 nitrogen and oxygen atoms in total. The normalized spacial score (nSPS) is 10.5. The van der Waals surface area contributed by atoms with E-state index in [1.165, 1.54) is 4.88 Å². The summed E-state index contributed by atoms with van der Waals surface area (Å²) in [5, 5.41) is 4.54. The molecule has 1 N–H and O–H groups in total. The molecule has 0 amide bonds. The summed E-state index contributed by atoms with van der Waals surface area (Å²) in [5.41, 5.74) is 1.04. The predicted octanol–water partition coefficient (Wildman–Crippen LogP) is 3.06. The second kappa shape index (κ2) is 7.26. The summed E-state index contributed by atoms with van der Waals surface area (Å²) in [6.07, 6.45) is 3.77. The van der Waals surface area contributed by atoms with Crippen LogP contribution in [0.25, 0.3) is 0 Å². The third-order valence-corrected chi connectivity index (χ3v) is 4.30. The lowest BCUT2D eigenvalue weighted by Gasteiger charge is -2.17. The maximum absolute atomic E-state index is 4.51. The molecule has 0 radical (unpaired) electrons. The molecule has 0 aliphatic heterocycles. The molecule has 0 spiro atoms. The van der Waals surface area contributed by atoms with Gasteiger partial charge >= 0.3 is 0 Å². The summed E-state index contributed by atoms with van der Waals surface area (Å²) in [5.74, 6) is 0.950. The van der Waals surface area contributed by atoms with Gasteiger partial charge in [0.2, 0.25) is 0 Å². The molecular weight excluding hydrogens is 282 g/mol. The number of rotatable bonds is 7. The monoisotopic (exact) mass is 305 g/mol. The molecule has 0 atom stereocenters. The van der Waals surface area contributed by atoms with Crippen LogP contribution >= 0.6 is 11.3 Å². The number of hydrogen-bond donors (Lipinski definition) is 1. The van der Waals surface area contributed by atoms with Crippen molar-refractivity contribution >= 4 is 28.0 Å². The third kappa shape index (κ3) is 3.85. The van der Waals surface area contributed by atoms with Crippen LogP contribution in [0.3, 0.4) is 0 Å². The first-order valence-corrected chi connectivity index (χ1v) is 8.03. The molecule has 0 unspecified atom stereocenters. The summed E-state index contributed by atoms with van der Waals surface area (Å²) >= 11 is 1.74. The third-order valence-electron chi connectivity index (χ3n) is 3.24. The lowest BCUT2D eigenvalue weighted by molar-refractivity contribution is 0.860. The van der Waals surface area contributed by atoms with Crippen molar-refractivity contribution in [2.75, 3.05) is 42.3 Å². The maximum Gasteiger partial charge on any atom is 0.185 e. The van der Waals surface area contributed by atoms with Crippen molar-refractivity contribution in [2.45, 2.75) is 20.4 Å². The number of aromatic nitrogens is 2. The Morgan fingerprint density at radius 2 is 1.95 bits per heavy atom. The predicted molar refractivity (Wildman–Crippen MR) is 91.6 cm³/mol. The molecule has 0 fully saturated rings. The van der Waals surface area contributed by atoms with Gasteiger partial charge in [0.05, 0.1) is 12.2 Å². The van der Waals surface area contributed by atoms with Crippen LogP contribution in [0, 0.1) is 0 Å². The molecular formula is C15H23N5S. The van der Waals surface area contributed by atoms with Crippen LogP contribution in [0.1, 0.15) is 18.7 Å². The van der Waals surface area contributed by atoms with Gasteiger partial charge in [0.15, 0.2) is 10.9 Å². The zero-order chi connectivity index (χ0) is 15.2. The second-order valence-corrected chi connectivity index (χ2v) is 6.00. The number of thiazole rings is 1. The van der Waals surface area contributed by atoms with Crippen LogP contribution in [0.4, 0.5) is 16.6 Å². The van der Waals surface area contributed by atoms with Gasteiger partial charge in [-0.25, -0.2) is 9.97 Å². The molecule has 114 valence electrons. The Morgan fingerprint density at radius 3 is 2.62 bits per heavy atom. The van der Waals surface area contributed by atoms with Crippen LogP contribution in [-0.2, 0) is 6.54 Å². The van der Waals surface area contributed by atoms with Crippen molar-refractivity contribution in [2.24, 2.45) is 0 Å². The molecule has 21 heavy (non-hydrogen) atoms. The molecule has 2 rings (SSSR count). The molecule has 0 aromatic carbocycles. The maximum atomic E-state index is 4.51. The standard InChI is InChI=1S/C15H23N5S/c1-5-20(6-2)15-18-11-12(21-15)10-17-13-8-7-9-16-14(13)19(3)4/h7-9,11,17H,5-6,10H2,1-4H3. The van der Waals surface area contributed by atoms with Crippen molar-refractivity contribution in [3.05, 3.63) is 29.4 Å². The summed E-state index contributed by atoms with van der Waals surface area (Å²) in [7, 11) is 4.00. The molecule has 2 aromatic heterocycles. The van der Waals surface area contributed by atoms with Gasteiger partial charge in [-0.05, 0) is 26.0 Å². The van der Waals surface area contributed by atoms with Gasteiger partial charge in [0, 0.05) is 44.5 Å². The molecule has 0 saturated carbocycles. The molecule has 6 heteroatoms. The van der Waals surface area contributed by atoms with Crippen molar-refractivity contribution in [3.63, 3.8) is 0 Å².